The third-order valence-electron chi connectivity index (χ3n) is 4.17. The largest absolute Gasteiger partial charge is 0.385 e. The zero-order chi connectivity index (χ0) is 12.7. The van der Waals surface area contributed by atoms with Crippen LogP contribution in [0.1, 0.15) is 31.4 Å². The first-order valence-corrected chi connectivity index (χ1v) is 6.33. The Balaban J connectivity index is 2.37. The lowest BCUT2D eigenvalue weighted by molar-refractivity contribution is -0.121. The van der Waals surface area contributed by atoms with Gasteiger partial charge in [-0.25, -0.2) is 0 Å². The summed E-state index contributed by atoms with van der Waals surface area (Å²) in [6.07, 6.45) is 0.805. The molecule has 0 bridgehead atoms. The fraction of sp³-hybridized carbons (Fsp3) is 0.600. The Labute approximate surface area is 104 Å². The van der Waals surface area contributed by atoms with Gasteiger partial charge in [0, 0.05) is 18.5 Å². The van der Waals surface area contributed by atoms with Gasteiger partial charge in [-0.3, -0.25) is 0 Å². The number of nitrogens with zero attached hydrogens (tertiary/aromatic N) is 1. The molecule has 2 rings (SSSR count). The molecule has 2 heteroatoms. The molecule has 1 atom stereocenters. The van der Waals surface area contributed by atoms with E-state index in [1.165, 1.54) is 5.56 Å². The first-order valence-electron chi connectivity index (χ1n) is 6.33. The Morgan fingerprint density at radius 1 is 1.18 bits per heavy atom. The van der Waals surface area contributed by atoms with Crippen LogP contribution in [0.5, 0.6) is 0 Å². The molecule has 1 fully saturated rings. The van der Waals surface area contributed by atoms with E-state index in [-0.39, 0.29) is 5.41 Å². The minimum atomic E-state index is -0.701. The minimum absolute atomic E-state index is 0.116. The molecule has 1 aliphatic heterocycles. The van der Waals surface area contributed by atoms with E-state index < -0.39 is 5.60 Å². The first-order chi connectivity index (χ1) is 7.85. The van der Waals surface area contributed by atoms with Crippen LogP contribution in [0.4, 0.5) is 0 Å². The Bertz CT molecular complexity index is 396. The maximum atomic E-state index is 11.1. The fourth-order valence-corrected chi connectivity index (χ4v) is 2.94. The molecule has 1 aromatic rings. The molecular formula is C15H23NO. The number of hydrogen-bond acceptors (Lipinski definition) is 2. The number of aliphatic hydroxyl groups is 1. The summed E-state index contributed by atoms with van der Waals surface area (Å²) in [5.41, 5.74) is 1.48. The van der Waals surface area contributed by atoms with Crippen LogP contribution in [0.15, 0.2) is 24.3 Å². The average Bonchev–Trinajstić information content (AvgIpc) is 2.24. The Morgan fingerprint density at radius 2 is 1.76 bits per heavy atom. The van der Waals surface area contributed by atoms with E-state index in [4.69, 9.17) is 0 Å². The molecule has 17 heavy (non-hydrogen) atoms. The molecular weight excluding hydrogens is 210 g/mol. The molecule has 1 saturated heterocycles. The highest BCUT2D eigenvalue weighted by Crippen LogP contribution is 2.45. The van der Waals surface area contributed by atoms with E-state index in [1.807, 2.05) is 0 Å². The van der Waals surface area contributed by atoms with Gasteiger partial charge in [-0.1, -0.05) is 43.7 Å². The van der Waals surface area contributed by atoms with Gasteiger partial charge in [0.05, 0.1) is 5.60 Å². The lowest BCUT2D eigenvalue weighted by Gasteiger charge is -2.49. The minimum Gasteiger partial charge on any atom is -0.385 e. The molecule has 94 valence electrons. The summed E-state index contributed by atoms with van der Waals surface area (Å²) in [6.45, 7) is 8.27. The first kappa shape index (κ1) is 12.6. The standard InChI is InChI=1S/C15H23NO/c1-12-5-7-13(8-6-12)15(17)9-10-16(4)11-14(15,2)3/h5-8,17H,9-11H2,1-4H3/t15-/m0/s1. The molecule has 0 spiro atoms. The van der Waals surface area contributed by atoms with E-state index in [1.54, 1.807) is 0 Å². The summed E-state index contributed by atoms with van der Waals surface area (Å²) in [5, 5.41) is 11.1. The zero-order valence-electron chi connectivity index (χ0n) is 11.3. The van der Waals surface area contributed by atoms with Crippen molar-refractivity contribution in [1.82, 2.24) is 4.90 Å². The summed E-state index contributed by atoms with van der Waals surface area (Å²) >= 11 is 0. The van der Waals surface area contributed by atoms with Crippen LogP contribution in [0.2, 0.25) is 0 Å². The molecule has 0 aliphatic carbocycles. The topological polar surface area (TPSA) is 23.5 Å². The number of piperidine rings is 1. The quantitative estimate of drug-likeness (QED) is 0.806. The van der Waals surface area contributed by atoms with Crippen molar-refractivity contribution >= 4 is 0 Å². The third kappa shape index (κ3) is 2.12. The molecule has 0 unspecified atom stereocenters. The van der Waals surface area contributed by atoms with Gasteiger partial charge in [-0.05, 0) is 26.0 Å². The second-order valence-electron chi connectivity index (χ2n) is 6.10. The smallest absolute Gasteiger partial charge is 0.0971 e. The van der Waals surface area contributed by atoms with E-state index in [2.05, 4.69) is 57.0 Å². The molecule has 0 saturated carbocycles. The Morgan fingerprint density at radius 3 is 2.29 bits per heavy atom. The van der Waals surface area contributed by atoms with Crippen LogP contribution in [-0.4, -0.2) is 30.1 Å². The monoisotopic (exact) mass is 233 g/mol. The van der Waals surface area contributed by atoms with E-state index in [9.17, 15) is 5.11 Å². The Kier molecular flexibility index (Phi) is 3.04. The summed E-state index contributed by atoms with van der Waals surface area (Å²) < 4.78 is 0. The van der Waals surface area contributed by atoms with Gasteiger partial charge in [0.2, 0.25) is 0 Å². The highest BCUT2D eigenvalue weighted by Gasteiger charge is 2.47. The van der Waals surface area contributed by atoms with Crippen molar-refractivity contribution in [2.24, 2.45) is 5.41 Å². The summed E-state index contributed by atoms with van der Waals surface area (Å²) in [6, 6.07) is 8.31. The van der Waals surface area contributed by atoms with Crippen LogP contribution in [-0.2, 0) is 5.60 Å². The van der Waals surface area contributed by atoms with Gasteiger partial charge >= 0.3 is 0 Å². The summed E-state index contributed by atoms with van der Waals surface area (Å²) in [5.74, 6) is 0. The van der Waals surface area contributed by atoms with Crippen LogP contribution in [0.25, 0.3) is 0 Å². The molecule has 2 nitrogen and oxygen atoms in total. The normalized spacial score (nSPS) is 29.2. The zero-order valence-corrected chi connectivity index (χ0v) is 11.3. The van der Waals surface area contributed by atoms with Crippen molar-refractivity contribution in [1.29, 1.82) is 0 Å². The molecule has 1 heterocycles. The van der Waals surface area contributed by atoms with Crippen molar-refractivity contribution in [3.63, 3.8) is 0 Å². The number of likely N-dealkylation sites (tertiary alicyclic amines) is 1. The number of aryl methyl sites for hydroxylation is 1. The average molecular weight is 233 g/mol. The number of hydrogen-bond donors (Lipinski definition) is 1. The van der Waals surface area contributed by atoms with E-state index in [0.29, 0.717) is 0 Å². The van der Waals surface area contributed by atoms with Crippen molar-refractivity contribution in [3.05, 3.63) is 35.4 Å². The fourth-order valence-electron chi connectivity index (χ4n) is 2.94. The van der Waals surface area contributed by atoms with Gasteiger partial charge in [0.25, 0.3) is 0 Å². The van der Waals surface area contributed by atoms with Crippen LogP contribution < -0.4 is 0 Å². The van der Waals surface area contributed by atoms with Gasteiger partial charge in [-0.15, -0.1) is 0 Å². The predicted molar refractivity (Wildman–Crippen MR) is 71.0 cm³/mol. The van der Waals surface area contributed by atoms with Crippen molar-refractivity contribution in [2.45, 2.75) is 32.8 Å². The van der Waals surface area contributed by atoms with Crippen molar-refractivity contribution in [3.8, 4) is 0 Å². The highest BCUT2D eigenvalue weighted by molar-refractivity contribution is 5.29. The van der Waals surface area contributed by atoms with Gasteiger partial charge < -0.3 is 10.0 Å². The molecule has 1 aliphatic rings. The molecule has 0 radical (unpaired) electrons. The Hall–Kier alpha value is -0.860. The van der Waals surface area contributed by atoms with Crippen LogP contribution >= 0.6 is 0 Å². The SMILES string of the molecule is Cc1ccc([C@@]2(O)CCN(C)CC2(C)C)cc1. The van der Waals surface area contributed by atoms with Crippen molar-refractivity contribution in [2.75, 3.05) is 20.1 Å². The van der Waals surface area contributed by atoms with E-state index in [0.717, 1.165) is 25.1 Å². The van der Waals surface area contributed by atoms with E-state index >= 15 is 0 Å². The maximum absolute atomic E-state index is 11.1. The summed E-state index contributed by atoms with van der Waals surface area (Å²) in [7, 11) is 2.12. The molecule has 0 amide bonds. The van der Waals surface area contributed by atoms with Crippen LogP contribution in [0.3, 0.4) is 0 Å². The second-order valence-corrected chi connectivity index (χ2v) is 6.10. The number of benzene rings is 1. The molecule has 1 aromatic carbocycles. The summed E-state index contributed by atoms with van der Waals surface area (Å²) in [4.78, 5) is 2.29. The predicted octanol–water partition coefficient (Wildman–Crippen LogP) is 2.54. The highest BCUT2D eigenvalue weighted by atomic mass is 16.3. The van der Waals surface area contributed by atoms with Gasteiger partial charge in [0.1, 0.15) is 0 Å². The lowest BCUT2D eigenvalue weighted by atomic mass is 9.66. The maximum Gasteiger partial charge on any atom is 0.0971 e. The van der Waals surface area contributed by atoms with Gasteiger partial charge in [0.15, 0.2) is 0 Å². The van der Waals surface area contributed by atoms with Crippen molar-refractivity contribution < 1.29 is 5.11 Å². The van der Waals surface area contributed by atoms with Crippen LogP contribution in [0, 0.1) is 12.3 Å². The number of rotatable bonds is 1. The molecule has 1 N–H and O–H groups in total. The van der Waals surface area contributed by atoms with Gasteiger partial charge in [-0.2, -0.15) is 0 Å². The third-order valence-corrected chi connectivity index (χ3v) is 4.17. The second kappa shape index (κ2) is 4.11. The lowest BCUT2D eigenvalue weighted by Crippen LogP contribution is -2.54. The molecule has 0 aromatic heterocycles.